The maximum absolute atomic E-state index is 13.1. The Morgan fingerprint density at radius 2 is 1.90 bits per heavy atom. The largest absolute Gasteiger partial charge is 0.489 e. The van der Waals surface area contributed by atoms with E-state index in [0.29, 0.717) is 46.0 Å². The molecule has 2 aromatic rings. The maximum Gasteiger partial charge on any atom is 0.411 e. The van der Waals surface area contributed by atoms with Crippen LogP contribution in [0.15, 0.2) is 30.6 Å². The van der Waals surface area contributed by atoms with Crippen LogP contribution in [0.25, 0.3) is 0 Å². The molecule has 3 atom stereocenters. The first-order valence-electron chi connectivity index (χ1n) is 12.9. The fourth-order valence-electron chi connectivity index (χ4n) is 4.06. The lowest BCUT2D eigenvalue weighted by atomic mass is 10.0. The van der Waals surface area contributed by atoms with Crippen LogP contribution >= 0.6 is 35.0 Å². The van der Waals surface area contributed by atoms with Crippen molar-refractivity contribution in [3.05, 3.63) is 51.8 Å². The molecule has 2 heterocycles. The minimum Gasteiger partial charge on any atom is -0.489 e. The van der Waals surface area contributed by atoms with Gasteiger partial charge in [-0.05, 0) is 62.8 Å². The molecule has 1 saturated carbocycles. The van der Waals surface area contributed by atoms with Crippen molar-refractivity contribution in [3.8, 4) is 11.5 Å². The highest BCUT2D eigenvalue weighted by atomic mass is 35.5. The van der Waals surface area contributed by atoms with E-state index in [9.17, 15) is 18.7 Å². The Balaban J connectivity index is 1.62. The fourth-order valence-corrected chi connectivity index (χ4v) is 5.73. The smallest absolute Gasteiger partial charge is 0.411 e. The number of benzene rings is 1. The Bertz CT molecular complexity index is 1160. The second-order valence-corrected chi connectivity index (χ2v) is 12.6. The van der Waals surface area contributed by atoms with Crippen molar-refractivity contribution in [1.82, 2.24) is 9.88 Å². The van der Waals surface area contributed by atoms with E-state index in [1.165, 1.54) is 35.1 Å². The van der Waals surface area contributed by atoms with Crippen LogP contribution in [-0.4, -0.2) is 63.9 Å². The number of carbonyl (C=O) groups is 1. The molecular weight excluding hydrogens is 589 g/mol. The van der Waals surface area contributed by atoms with Gasteiger partial charge in [-0.1, -0.05) is 29.3 Å². The Labute approximate surface area is 246 Å². The Morgan fingerprint density at radius 1 is 1.20 bits per heavy atom. The van der Waals surface area contributed by atoms with Crippen LogP contribution in [0.3, 0.4) is 0 Å². The summed E-state index contributed by atoms with van der Waals surface area (Å²) in [6.45, 7) is 2.99. The number of hydrogen-bond donors (Lipinski definition) is 1. The van der Waals surface area contributed by atoms with Gasteiger partial charge in [0.25, 0.3) is 0 Å². The van der Waals surface area contributed by atoms with Crippen molar-refractivity contribution >= 4 is 41.1 Å². The number of halogens is 4. The number of alkyl halides is 2. The SMILES string of the molecule is CC(C)(C)OC(=O)N1CCS[C@H]1C(O)O[C@@H](Cc1c(Cl)cncc1Cl)c1ccc(OC(F)F)c(OCC2CC2)c1. The Hall–Kier alpha value is -2.05. The van der Waals surface area contributed by atoms with Gasteiger partial charge in [-0.25, -0.2) is 4.79 Å². The van der Waals surface area contributed by atoms with Gasteiger partial charge >= 0.3 is 12.7 Å². The van der Waals surface area contributed by atoms with Crippen LogP contribution in [0.2, 0.25) is 10.0 Å². The standard InChI is InChI=1S/C27H32Cl2F2N2O6S/c1-27(2,3)39-26(35)33-8-9-40-23(33)24(34)37-21(11-17-18(28)12-32-13-19(17)29)16-6-7-20(38-25(30)31)22(10-16)36-14-15-4-5-15/h6-7,10,12-13,15,21,23-25,34H,4-5,8-9,11,14H2,1-3H3/t21-,23-,24?/m0/s1. The van der Waals surface area contributed by atoms with E-state index in [4.69, 9.17) is 37.4 Å². The van der Waals surface area contributed by atoms with Gasteiger partial charge < -0.3 is 24.1 Å². The lowest BCUT2D eigenvalue weighted by molar-refractivity contribution is -0.153. The lowest BCUT2D eigenvalue weighted by Crippen LogP contribution is -2.45. The molecule has 1 aliphatic heterocycles. The molecule has 40 heavy (non-hydrogen) atoms. The van der Waals surface area contributed by atoms with E-state index in [1.54, 1.807) is 32.9 Å². The van der Waals surface area contributed by atoms with E-state index in [1.807, 2.05) is 0 Å². The van der Waals surface area contributed by atoms with Crippen molar-refractivity contribution in [2.24, 2.45) is 5.92 Å². The summed E-state index contributed by atoms with van der Waals surface area (Å²) in [5.41, 5.74) is 0.311. The van der Waals surface area contributed by atoms with Crippen molar-refractivity contribution in [2.45, 2.75) is 70.0 Å². The van der Waals surface area contributed by atoms with E-state index >= 15 is 0 Å². The summed E-state index contributed by atoms with van der Waals surface area (Å²) in [5.74, 6) is 0.964. The quantitative estimate of drug-likeness (QED) is 0.277. The molecule has 1 unspecified atom stereocenters. The predicted molar refractivity (Wildman–Crippen MR) is 148 cm³/mol. The molecule has 1 amide bonds. The summed E-state index contributed by atoms with van der Waals surface area (Å²) in [6.07, 6.45) is 2.15. The summed E-state index contributed by atoms with van der Waals surface area (Å²) in [4.78, 5) is 18.2. The highest BCUT2D eigenvalue weighted by molar-refractivity contribution is 8.00. The molecular formula is C27H32Cl2F2N2O6S. The molecule has 8 nitrogen and oxygen atoms in total. The average Bonchev–Trinajstić information content (AvgIpc) is 3.56. The zero-order chi connectivity index (χ0) is 29.0. The first kappa shape index (κ1) is 30.9. The number of rotatable bonds is 11. The maximum atomic E-state index is 13.1. The summed E-state index contributed by atoms with van der Waals surface area (Å²) in [6, 6.07) is 4.48. The molecule has 220 valence electrons. The minimum atomic E-state index is -3.03. The molecule has 1 N–H and O–H groups in total. The number of hydrogen-bond acceptors (Lipinski definition) is 8. The summed E-state index contributed by atoms with van der Waals surface area (Å²) >= 11 is 14.1. The van der Waals surface area contributed by atoms with E-state index < -0.39 is 36.1 Å². The molecule has 1 aromatic heterocycles. The number of aliphatic hydroxyl groups is 1. The molecule has 1 aliphatic carbocycles. The van der Waals surface area contributed by atoms with Gasteiger partial charge in [0, 0.05) is 31.1 Å². The van der Waals surface area contributed by atoms with E-state index in [0.717, 1.165) is 12.8 Å². The number of ether oxygens (including phenoxy) is 4. The zero-order valence-corrected chi connectivity index (χ0v) is 24.6. The summed E-state index contributed by atoms with van der Waals surface area (Å²) in [7, 11) is 0. The van der Waals surface area contributed by atoms with E-state index in [-0.39, 0.29) is 17.9 Å². The van der Waals surface area contributed by atoms with Gasteiger partial charge in [0.1, 0.15) is 11.0 Å². The first-order valence-corrected chi connectivity index (χ1v) is 14.7. The third kappa shape index (κ3) is 8.48. The highest BCUT2D eigenvalue weighted by Crippen LogP contribution is 2.39. The molecule has 0 spiro atoms. The van der Waals surface area contributed by atoms with Gasteiger partial charge in [-0.15, -0.1) is 11.8 Å². The number of nitrogens with zero attached hydrogens (tertiary/aromatic N) is 2. The van der Waals surface area contributed by atoms with Gasteiger partial charge in [0.15, 0.2) is 17.8 Å². The van der Waals surface area contributed by atoms with E-state index in [2.05, 4.69) is 9.72 Å². The van der Waals surface area contributed by atoms with Crippen LogP contribution in [0.1, 0.15) is 50.8 Å². The molecule has 0 bridgehead atoms. The second kappa shape index (κ2) is 13.3. The van der Waals surface area contributed by atoms with Crippen LogP contribution in [0.5, 0.6) is 11.5 Å². The van der Waals surface area contributed by atoms with Crippen LogP contribution in [0.4, 0.5) is 13.6 Å². The third-order valence-electron chi connectivity index (χ3n) is 6.17. The molecule has 13 heteroatoms. The lowest BCUT2D eigenvalue weighted by Gasteiger charge is -2.32. The van der Waals surface area contributed by atoms with Crippen molar-refractivity contribution in [3.63, 3.8) is 0 Å². The average molecular weight is 622 g/mol. The Morgan fingerprint density at radius 3 is 2.52 bits per heavy atom. The van der Waals surface area contributed by atoms with Crippen LogP contribution in [0, 0.1) is 5.92 Å². The molecule has 2 fully saturated rings. The molecule has 4 rings (SSSR count). The summed E-state index contributed by atoms with van der Waals surface area (Å²) in [5, 5.41) is 11.1. The zero-order valence-electron chi connectivity index (χ0n) is 22.3. The number of thioether (sulfide) groups is 1. The predicted octanol–water partition coefficient (Wildman–Crippen LogP) is 6.71. The highest BCUT2D eigenvalue weighted by Gasteiger charge is 2.39. The third-order valence-corrected chi connectivity index (χ3v) is 8.07. The van der Waals surface area contributed by atoms with Crippen molar-refractivity contribution < 1.29 is 37.6 Å². The van der Waals surface area contributed by atoms with Gasteiger partial charge in [-0.3, -0.25) is 9.88 Å². The number of aromatic nitrogens is 1. The first-order chi connectivity index (χ1) is 18.9. The Kier molecular flexibility index (Phi) is 10.3. The number of carbonyl (C=O) groups excluding carboxylic acids is 1. The van der Waals surface area contributed by atoms with Gasteiger partial charge in [0.05, 0.1) is 22.8 Å². The van der Waals surface area contributed by atoms with Gasteiger partial charge in [-0.2, -0.15) is 8.78 Å². The minimum absolute atomic E-state index is 0.109. The number of pyridine rings is 1. The molecule has 0 radical (unpaired) electrons. The van der Waals surface area contributed by atoms with Crippen LogP contribution in [-0.2, 0) is 15.9 Å². The molecule has 1 aromatic carbocycles. The van der Waals surface area contributed by atoms with Crippen molar-refractivity contribution in [2.75, 3.05) is 18.9 Å². The van der Waals surface area contributed by atoms with Crippen molar-refractivity contribution in [1.29, 1.82) is 0 Å². The number of amides is 1. The monoisotopic (exact) mass is 620 g/mol. The summed E-state index contributed by atoms with van der Waals surface area (Å²) < 4.78 is 48.3. The topological polar surface area (TPSA) is 90.4 Å². The number of aliphatic hydroxyl groups excluding tert-OH is 1. The van der Waals surface area contributed by atoms with Gasteiger partial charge in [0.2, 0.25) is 0 Å². The van der Waals surface area contributed by atoms with Crippen LogP contribution < -0.4 is 9.47 Å². The fraction of sp³-hybridized carbons (Fsp3) is 0.556. The molecule has 1 saturated heterocycles. The molecule has 2 aliphatic rings. The second-order valence-electron chi connectivity index (χ2n) is 10.6. The normalized spacial score (nSPS) is 19.0.